The van der Waals surface area contributed by atoms with Gasteiger partial charge >= 0.3 is 5.97 Å². The maximum atomic E-state index is 12.6. The third kappa shape index (κ3) is 6.29. The summed E-state index contributed by atoms with van der Waals surface area (Å²) in [4.78, 5) is 24.4. The van der Waals surface area contributed by atoms with Gasteiger partial charge in [0.15, 0.2) is 0 Å². The molecular formula is C20H31ClN2O3. The molecule has 1 heterocycles. The van der Waals surface area contributed by atoms with Crippen LogP contribution in [0.15, 0.2) is 24.3 Å². The molecule has 0 aromatic heterocycles. The third-order valence-corrected chi connectivity index (χ3v) is 4.76. The van der Waals surface area contributed by atoms with Crippen LogP contribution in [0.2, 0.25) is 0 Å². The monoisotopic (exact) mass is 382 g/mol. The number of amides is 1. The smallest absolute Gasteiger partial charge is 0.307 e. The highest BCUT2D eigenvalue weighted by molar-refractivity contribution is 5.85. The topological polar surface area (TPSA) is 67.4 Å². The van der Waals surface area contributed by atoms with Crippen molar-refractivity contribution in [3.8, 4) is 0 Å². The van der Waals surface area contributed by atoms with E-state index in [0.29, 0.717) is 6.54 Å². The molecule has 26 heavy (non-hydrogen) atoms. The van der Waals surface area contributed by atoms with Gasteiger partial charge in [-0.25, -0.2) is 0 Å². The summed E-state index contributed by atoms with van der Waals surface area (Å²) in [5.74, 6) is -0.365. The summed E-state index contributed by atoms with van der Waals surface area (Å²) in [5, 5.41) is 6.30. The standard InChI is InChI=1S/C20H30N2O3.ClH/c1-20(2,3)16-9-7-14(8-10-16)17(12-18(23)25-4)22-19(24)15-6-5-11-21-13-15;/h7-10,15,17,21H,5-6,11-13H2,1-4H3,(H,22,24);1H. The number of nitrogens with one attached hydrogen (secondary N) is 2. The Balaban J connectivity index is 0.00000338. The summed E-state index contributed by atoms with van der Waals surface area (Å²) in [6.07, 6.45) is 2.02. The molecule has 1 aliphatic heterocycles. The van der Waals surface area contributed by atoms with Crippen LogP contribution in [-0.4, -0.2) is 32.1 Å². The van der Waals surface area contributed by atoms with Gasteiger partial charge in [-0.1, -0.05) is 45.0 Å². The molecule has 0 radical (unpaired) electrons. The normalized spacial score (nSPS) is 18.4. The van der Waals surface area contributed by atoms with E-state index >= 15 is 0 Å². The van der Waals surface area contributed by atoms with Crippen LogP contribution in [0, 0.1) is 5.92 Å². The molecule has 0 saturated carbocycles. The van der Waals surface area contributed by atoms with Crippen LogP contribution in [0.1, 0.15) is 57.2 Å². The molecule has 1 aliphatic rings. The third-order valence-electron chi connectivity index (χ3n) is 4.76. The lowest BCUT2D eigenvalue weighted by Gasteiger charge is -2.26. The van der Waals surface area contributed by atoms with Crippen molar-refractivity contribution in [1.82, 2.24) is 10.6 Å². The zero-order valence-electron chi connectivity index (χ0n) is 16.1. The predicted octanol–water partition coefficient (Wildman–Crippen LogP) is 3.13. The highest BCUT2D eigenvalue weighted by atomic mass is 35.5. The van der Waals surface area contributed by atoms with Gasteiger partial charge in [-0.05, 0) is 35.9 Å². The molecule has 1 aromatic carbocycles. The van der Waals surface area contributed by atoms with Crippen molar-refractivity contribution >= 4 is 24.3 Å². The van der Waals surface area contributed by atoms with Crippen LogP contribution in [0.25, 0.3) is 0 Å². The SMILES string of the molecule is COC(=O)CC(NC(=O)C1CCCNC1)c1ccc(C(C)(C)C)cc1.Cl. The number of esters is 1. The fourth-order valence-corrected chi connectivity index (χ4v) is 3.08. The van der Waals surface area contributed by atoms with Crippen LogP contribution in [0.3, 0.4) is 0 Å². The fraction of sp³-hybridized carbons (Fsp3) is 0.600. The van der Waals surface area contributed by atoms with E-state index in [1.165, 1.54) is 12.7 Å². The van der Waals surface area contributed by atoms with Crippen LogP contribution < -0.4 is 10.6 Å². The van der Waals surface area contributed by atoms with Gasteiger partial charge in [-0.3, -0.25) is 9.59 Å². The first-order valence-corrected chi connectivity index (χ1v) is 8.99. The van der Waals surface area contributed by atoms with Crippen molar-refractivity contribution < 1.29 is 14.3 Å². The number of hydrogen-bond donors (Lipinski definition) is 2. The average Bonchev–Trinajstić information content (AvgIpc) is 2.61. The molecule has 2 atom stereocenters. The van der Waals surface area contributed by atoms with E-state index in [2.05, 4.69) is 43.5 Å². The van der Waals surface area contributed by atoms with Crippen molar-refractivity contribution in [2.24, 2.45) is 5.92 Å². The number of piperidine rings is 1. The van der Waals surface area contributed by atoms with Gasteiger partial charge in [0.1, 0.15) is 0 Å². The fourth-order valence-electron chi connectivity index (χ4n) is 3.08. The Bertz CT molecular complexity index is 590. The molecule has 0 spiro atoms. The van der Waals surface area contributed by atoms with E-state index in [1.807, 2.05) is 12.1 Å². The van der Waals surface area contributed by atoms with Crippen molar-refractivity contribution in [2.75, 3.05) is 20.2 Å². The lowest BCUT2D eigenvalue weighted by molar-refractivity contribution is -0.141. The van der Waals surface area contributed by atoms with E-state index in [4.69, 9.17) is 4.74 Å². The lowest BCUT2D eigenvalue weighted by atomic mass is 9.86. The molecular weight excluding hydrogens is 352 g/mol. The first-order valence-electron chi connectivity index (χ1n) is 8.99. The summed E-state index contributed by atoms with van der Waals surface area (Å²) in [6.45, 7) is 8.13. The summed E-state index contributed by atoms with van der Waals surface area (Å²) in [6, 6.07) is 7.75. The Morgan fingerprint density at radius 3 is 2.42 bits per heavy atom. The van der Waals surface area contributed by atoms with Gasteiger partial charge in [-0.2, -0.15) is 0 Å². The largest absolute Gasteiger partial charge is 0.469 e. The van der Waals surface area contributed by atoms with E-state index in [0.717, 1.165) is 24.9 Å². The van der Waals surface area contributed by atoms with Crippen LogP contribution in [0.4, 0.5) is 0 Å². The Hall–Kier alpha value is -1.59. The maximum absolute atomic E-state index is 12.6. The van der Waals surface area contributed by atoms with Crippen molar-refractivity contribution in [1.29, 1.82) is 0 Å². The molecule has 1 amide bonds. The number of carbonyl (C=O) groups is 2. The van der Waals surface area contributed by atoms with E-state index in [9.17, 15) is 9.59 Å². The number of rotatable bonds is 5. The van der Waals surface area contributed by atoms with Crippen molar-refractivity contribution in [3.05, 3.63) is 35.4 Å². The Labute approximate surface area is 162 Å². The second-order valence-electron chi connectivity index (χ2n) is 7.76. The number of halogens is 1. The number of ether oxygens (including phenoxy) is 1. The van der Waals surface area contributed by atoms with Gasteiger partial charge in [0.2, 0.25) is 5.91 Å². The molecule has 2 unspecified atom stereocenters. The molecule has 2 N–H and O–H groups in total. The molecule has 146 valence electrons. The zero-order valence-corrected chi connectivity index (χ0v) is 16.9. The maximum Gasteiger partial charge on any atom is 0.307 e. The van der Waals surface area contributed by atoms with Gasteiger partial charge in [0, 0.05) is 6.54 Å². The van der Waals surface area contributed by atoms with Crippen molar-refractivity contribution in [3.63, 3.8) is 0 Å². The highest BCUT2D eigenvalue weighted by Crippen LogP contribution is 2.25. The molecule has 1 saturated heterocycles. The zero-order chi connectivity index (χ0) is 18.4. The Morgan fingerprint density at radius 1 is 1.27 bits per heavy atom. The minimum absolute atomic E-state index is 0. The first-order chi connectivity index (χ1) is 11.8. The molecule has 2 rings (SSSR count). The highest BCUT2D eigenvalue weighted by Gasteiger charge is 2.26. The van der Waals surface area contributed by atoms with Crippen molar-refractivity contribution in [2.45, 2.75) is 51.5 Å². The van der Waals surface area contributed by atoms with Gasteiger partial charge in [-0.15, -0.1) is 12.4 Å². The summed E-state index contributed by atoms with van der Waals surface area (Å²) >= 11 is 0. The molecule has 1 fully saturated rings. The van der Waals surface area contributed by atoms with E-state index in [1.54, 1.807) is 0 Å². The van der Waals surface area contributed by atoms with Gasteiger partial charge in [0.25, 0.3) is 0 Å². The van der Waals surface area contributed by atoms with E-state index < -0.39 is 0 Å². The summed E-state index contributed by atoms with van der Waals surface area (Å²) < 4.78 is 4.80. The summed E-state index contributed by atoms with van der Waals surface area (Å²) in [5.41, 5.74) is 2.21. The minimum Gasteiger partial charge on any atom is -0.469 e. The first kappa shape index (κ1) is 22.5. The Morgan fingerprint density at radius 2 is 1.92 bits per heavy atom. The number of benzene rings is 1. The second-order valence-corrected chi connectivity index (χ2v) is 7.76. The van der Waals surface area contributed by atoms with Crippen LogP contribution in [-0.2, 0) is 19.7 Å². The number of hydrogen-bond acceptors (Lipinski definition) is 4. The quantitative estimate of drug-likeness (QED) is 0.768. The second kappa shape index (κ2) is 9.93. The molecule has 0 bridgehead atoms. The predicted molar refractivity (Wildman–Crippen MR) is 106 cm³/mol. The van der Waals surface area contributed by atoms with Gasteiger partial charge in [0.05, 0.1) is 25.5 Å². The number of carbonyl (C=O) groups excluding carboxylic acids is 2. The summed E-state index contributed by atoms with van der Waals surface area (Å²) in [7, 11) is 1.37. The minimum atomic E-state index is -0.365. The molecule has 0 aliphatic carbocycles. The average molecular weight is 383 g/mol. The molecule has 1 aromatic rings. The van der Waals surface area contributed by atoms with E-state index in [-0.39, 0.29) is 48.1 Å². The molecule has 6 heteroatoms. The van der Waals surface area contributed by atoms with Gasteiger partial charge < -0.3 is 15.4 Å². The van der Waals surface area contributed by atoms with Crippen LogP contribution >= 0.6 is 12.4 Å². The van der Waals surface area contributed by atoms with Crippen LogP contribution in [0.5, 0.6) is 0 Å². The number of methoxy groups -OCH3 is 1. The Kier molecular flexibility index (Phi) is 8.57. The lowest BCUT2D eigenvalue weighted by Crippen LogP contribution is -2.42. The molecule has 5 nitrogen and oxygen atoms in total.